The number of benzene rings is 2. The summed E-state index contributed by atoms with van der Waals surface area (Å²) in [7, 11) is 3.50. The first kappa shape index (κ1) is 24.0. The van der Waals surface area contributed by atoms with Gasteiger partial charge in [0.1, 0.15) is 17.9 Å². The fraction of sp³-hybridized carbons (Fsp3) is 0.464. The molecule has 3 aliphatic rings. The van der Waals surface area contributed by atoms with E-state index >= 15 is 0 Å². The number of urea groups is 1. The highest BCUT2D eigenvalue weighted by Gasteiger charge is 2.55. The molecule has 7 heteroatoms. The minimum atomic E-state index is -0.732. The normalized spacial score (nSPS) is 24.0. The van der Waals surface area contributed by atoms with E-state index in [2.05, 4.69) is 11.8 Å². The van der Waals surface area contributed by atoms with E-state index in [0.717, 1.165) is 61.3 Å². The number of hydrogen-bond acceptors (Lipinski definition) is 4. The highest BCUT2D eigenvalue weighted by Crippen LogP contribution is 2.54. The Hall–Kier alpha value is -2.72. The predicted molar refractivity (Wildman–Crippen MR) is 136 cm³/mol. The van der Waals surface area contributed by atoms with Crippen LogP contribution in [0, 0.1) is 17.8 Å². The summed E-state index contributed by atoms with van der Waals surface area (Å²) in [6.45, 7) is 1.45. The van der Waals surface area contributed by atoms with E-state index in [4.69, 9.17) is 25.8 Å². The van der Waals surface area contributed by atoms with E-state index in [1.54, 1.807) is 12.0 Å². The Morgan fingerprint density at radius 3 is 2.63 bits per heavy atom. The van der Waals surface area contributed by atoms with Crippen molar-refractivity contribution < 1.29 is 19.0 Å². The van der Waals surface area contributed by atoms with Crippen molar-refractivity contribution in [2.24, 2.45) is 5.92 Å². The number of carbonyl (C=O) groups is 1. The molecule has 2 aromatic rings. The van der Waals surface area contributed by atoms with Gasteiger partial charge in [0.25, 0.3) is 0 Å². The van der Waals surface area contributed by atoms with Gasteiger partial charge >= 0.3 is 6.03 Å². The smallest absolute Gasteiger partial charge is 0.326 e. The molecule has 2 heterocycles. The van der Waals surface area contributed by atoms with Crippen molar-refractivity contribution in [1.82, 2.24) is 4.90 Å². The molecule has 5 rings (SSSR count). The number of hydrogen-bond donors (Lipinski definition) is 0. The zero-order valence-corrected chi connectivity index (χ0v) is 21.0. The van der Waals surface area contributed by atoms with Crippen molar-refractivity contribution in [1.29, 1.82) is 0 Å². The largest absolute Gasteiger partial charge is 0.497 e. The lowest BCUT2D eigenvalue weighted by atomic mass is 9.81. The highest BCUT2D eigenvalue weighted by molar-refractivity contribution is 6.30. The predicted octanol–water partition coefficient (Wildman–Crippen LogP) is 5.57. The Kier molecular flexibility index (Phi) is 6.93. The summed E-state index contributed by atoms with van der Waals surface area (Å²) in [5.41, 5.74) is 2.11. The van der Waals surface area contributed by atoms with Crippen LogP contribution >= 0.6 is 11.6 Å². The van der Waals surface area contributed by atoms with Crippen molar-refractivity contribution in [2.45, 2.75) is 50.5 Å². The van der Waals surface area contributed by atoms with E-state index < -0.39 is 5.54 Å². The maximum atomic E-state index is 13.8. The molecule has 2 amide bonds. The standard InChI is InChI=1S/C28H31ClN2O4/c1-30-27(32)31(19-20-7-12-23(33-2)13-8-20)25-14-11-22(29)18-24(25)28(30,21-9-10-21)15-5-17-35-26-6-3-4-16-34-26/h7-8,11-14,18,21,26H,3-4,6,9-10,16-17,19H2,1-2H3. The summed E-state index contributed by atoms with van der Waals surface area (Å²) in [6, 6.07) is 13.5. The van der Waals surface area contributed by atoms with Crippen LogP contribution in [0.25, 0.3) is 0 Å². The van der Waals surface area contributed by atoms with Crippen LogP contribution in [0.4, 0.5) is 10.5 Å². The molecule has 0 aromatic heterocycles. The fourth-order valence-corrected chi connectivity index (χ4v) is 5.30. The average molecular weight is 495 g/mol. The molecule has 2 aromatic carbocycles. The van der Waals surface area contributed by atoms with Crippen molar-refractivity contribution in [3.63, 3.8) is 0 Å². The van der Waals surface area contributed by atoms with Crippen molar-refractivity contribution in [3.05, 3.63) is 58.6 Å². The number of ether oxygens (including phenoxy) is 3. The van der Waals surface area contributed by atoms with E-state index in [1.807, 2.05) is 54.4 Å². The van der Waals surface area contributed by atoms with E-state index in [9.17, 15) is 4.79 Å². The SMILES string of the molecule is COc1ccc(CN2C(=O)N(C)C(C#CCOC3CCCCO3)(C3CC3)c3cc(Cl)ccc32)cc1. The second-order valence-corrected chi connectivity index (χ2v) is 9.82. The van der Waals surface area contributed by atoms with Crippen molar-refractivity contribution >= 4 is 23.3 Å². The van der Waals surface area contributed by atoms with Gasteiger partial charge in [-0.25, -0.2) is 4.79 Å². The molecule has 35 heavy (non-hydrogen) atoms. The number of carbonyl (C=O) groups excluding carboxylic acids is 1. The maximum Gasteiger partial charge on any atom is 0.326 e. The quantitative estimate of drug-likeness (QED) is 0.492. The Morgan fingerprint density at radius 2 is 1.94 bits per heavy atom. The molecule has 1 saturated heterocycles. The van der Waals surface area contributed by atoms with E-state index in [-0.39, 0.29) is 24.8 Å². The van der Waals surface area contributed by atoms with Crippen LogP contribution in [0.3, 0.4) is 0 Å². The van der Waals surface area contributed by atoms with Crippen LogP contribution in [0.5, 0.6) is 5.75 Å². The molecule has 1 aliphatic carbocycles. The zero-order valence-electron chi connectivity index (χ0n) is 20.3. The van der Waals surface area contributed by atoms with Gasteiger partial charge in [0, 0.05) is 24.2 Å². The minimum Gasteiger partial charge on any atom is -0.497 e. The summed E-state index contributed by atoms with van der Waals surface area (Å²) < 4.78 is 16.8. The Balaban J connectivity index is 1.47. The molecule has 6 nitrogen and oxygen atoms in total. The molecular formula is C28H31ClN2O4. The van der Waals surface area contributed by atoms with Gasteiger partial charge in [0.2, 0.25) is 0 Å². The topological polar surface area (TPSA) is 51.2 Å². The molecular weight excluding hydrogens is 464 g/mol. The molecule has 0 radical (unpaired) electrons. The van der Waals surface area contributed by atoms with Crippen molar-refractivity contribution in [2.75, 3.05) is 32.3 Å². The van der Waals surface area contributed by atoms with E-state index in [0.29, 0.717) is 11.6 Å². The summed E-state index contributed by atoms with van der Waals surface area (Å²) in [6.07, 6.45) is 4.92. The highest BCUT2D eigenvalue weighted by atomic mass is 35.5. The summed E-state index contributed by atoms with van der Waals surface area (Å²) in [4.78, 5) is 17.4. The van der Waals surface area contributed by atoms with Gasteiger partial charge in [0.05, 0.1) is 19.3 Å². The molecule has 0 spiro atoms. The van der Waals surface area contributed by atoms with Crippen LogP contribution in [0.15, 0.2) is 42.5 Å². The fourth-order valence-electron chi connectivity index (χ4n) is 5.13. The third-order valence-electron chi connectivity index (χ3n) is 7.13. The lowest BCUT2D eigenvalue weighted by Crippen LogP contribution is -2.57. The number of anilines is 1. The van der Waals surface area contributed by atoms with Gasteiger partial charge in [-0.2, -0.15) is 0 Å². The second kappa shape index (κ2) is 10.1. The monoisotopic (exact) mass is 494 g/mol. The Labute approximate surface area is 212 Å². The van der Waals surface area contributed by atoms with Gasteiger partial charge in [-0.05, 0) is 73.9 Å². The number of rotatable bonds is 6. The third kappa shape index (κ3) is 4.73. The molecule has 184 valence electrons. The Bertz CT molecular complexity index is 1130. The molecule has 0 N–H and O–H groups in total. The van der Waals surface area contributed by atoms with Gasteiger partial charge in [-0.3, -0.25) is 4.90 Å². The molecule has 2 fully saturated rings. The summed E-state index contributed by atoms with van der Waals surface area (Å²) in [5, 5.41) is 0.634. The first-order chi connectivity index (χ1) is 17.0. The Morgan fingerprint density at radius 1 is 1.14 bits per heavy atom. The average Bonchev–Trinajstić information content (AvgIpc) is 3.73. The lowest BCUT2D eigenvalue weighted by Gasteiger charge is -2.47. The van der Waals surface area contributed by atoms with Crippen LogP contribution < -0.4 is 9.64 Å². The summed E-state index contributed by atoms with van der Waals surface area (Å²) >= 11 is 6.49. The molecule has 0 bridgehead atoms. The van der Waals surface area contributed by atoms with Crippen LogP contribution in [0.1, 0.15) is 43.2 Å². The lowest BCUT2D eigenvalue weighted by molar-refractivity contribution is -0.154. The summed E-state index contributed by atoms with van der Waals surface area (Å²) in [5.74, 6) is 7.75. The van der Waals surface area contributed by atoms with Crippen LogP contribution in [-0.4, -0.2) is 44.6 Å². The molecule has 2 unspecified atom stereocenters. The van der Waals surface area contributed by atoms with Gasteiger partial charge < -0.3 is 19.1 Å². The number of amides is 2. The number of fused-ring (bicyclic) bond motifs is 1. The van der Waals surface area contributed by atoms with Gasteiger partial charge in [-0.1, -0.05) is 35.6 Å². The first-order valence-electron chi connectivity index (χ1n) is 12.2. The number of halogens is 1. The third-order valence-corrected chi connectivity index (χ3v) is 7.37. The van der Waals surface area contributed by atoms with Gasteiger partial charge in [-0.15, -0.1) is 0 Å². The minimum absolute atomic E-state index is 0.0756. The second-order valence-electron chi connectivity index (χ2n) is 9.39. The number of methoxy groups -OCH3 is 1. The maximum absolute atomic E-state index is 13.8. The molecule has 1 saturated carbocycles. The van der Waals surface area contributed by atoms with Crippen LogP contribution in [0.2, 0.25) is 5.02 Å². The van der Waals surface area contributed by atoms with Crippen molar-refractivity contribution in [3.8, 4) is 17.6 Å². The zero-order chi connectivity index (χ0) is 24.4. The van der Waals surface area contributed by atoms with Crippen LogP contribution in [-0.2, 0) is 21.6 Å². The first-order valence-corrected chi connectivity index (χ1v) is 12.6. The van der Waals surface area contributed by atoms with E-state index in [1.165, 1.54) is 0 Å². The van der Waals surface area contributed by atoms with Gasteiger partial charge in [0.15, 0.2) is 6.29 Å². The molecule has 2 atom stereocenters. The molecule has 2 aliphatic heterocycles. The number of nitrogens with zero attached hydrogens (tertiary/aromatic N) is 2.